The van der Waals surface area contributed by atoms with E-state index in [0.29, 0.717) is 24.5 Å². The minimum atomic E-state index is -0.460. The number of carbonyl (C=O) groups is 1. The van der Waals surface area contributed by atoms with Crippen LogP contribution in [0.15, 0.2) is 66.7 Å². The van der Waals surface area contributed by atoms with E-state index in [4.69, 9.17) is 18.9 Å². The molecule has 3 aromatic rings. The molecule has 1 heterocycles. The Labute approximate surface area is 181 Å². The fraction of sp³-hybridized carbons (Fsp3) is 0.240. The lowest BCUT2D eigenvalue weighted by Crippen LogP contribution is -2.29. The minimum Gasteiger partial charge on any atom is -0.493 e. The Hall–Kier alpha value is -3.67. The van der Waals surface area contributed by atoms with Crippen LogP contribution in [0.2, 0.25) is 0 Å². The number of hydrogen-bond donors (Lipinski definition) is 1. The van der Waals surface area contributed by atoms with Crippen molar-refractivity contribution in [2.75, 3.05) is 20.8 Å². The molecule has 1 N–H and O–H groups in total. The topological polar surface area (TPSA) is 66.0 Å². The maximum atomic E-state index is 12.1. The highest BCUT2D eigenvalue weighted by Gasteiger charge is 2.28. The fourth-order valence-electron chi connectivity index (χ4n) is 3.73. The molecular weight excluding hydrogens is 394 g/mol. The van der Waals surface area contributed by atoms with Crippen molar-refractivity contribution in [3.8, 4) is 28.4 Å². The maximum Gasteiger partial charge on any atom is 0.407 e. The zero-order chi connectivity index (χ0) is 21.6. The van der Waals surface area contributed by atoms with E-state index in [1.807, 2.05) is 66.7 Å². The van der Waals surface area contributed by atoms with Gasteiger partial charge in [-0.1, -0.05) is 60.7 Å². The molecule has 6 nitrogen and oxygen atoms in total. The van der Waals surface area contributed by atoms with E-state index >= 15 is 0 Å². The first kappa shape index (κ1) is 20.6. The molecule has 0 spiro atoms. The second-order valence-electron chi connectivity index (χ2n) is 7.22. The number of hydrogen-bond acceptors (Lipinski definition) is 5. The molecule has 3 aromatic carbocycles. The van der Waals surface area contributed by atoms with Gasteiger partial charge in [-0.05, 0) is 17.2 Å². The second kappa shape index (κ2) is 9.43. The molecular formula is C25H25NO5. The number of nitrogens with one attached hydrogen (secondary N) is 1. The van der Waals surface area contributed by atoms with Crippen molar-refractivity contribution in [1.29, 1.82) is 0 Å². The smallest absolute Gasteiger partial charge is 0.407 e. The first-order valence-electron chi connectivity index (χ1n) is 10.1. The molecule has 160 valence electrons. The number of fused-ring (bicyclic) bond motifs is 1. The molecule has 0 radical (unpaired) electrons. The standard InChI is InChI=1S/C25H25NO5/c1-28-22-13-7-12-21(24(22)29-2)20-11-6-10-18-14-19(31-23(18)20)16-30-25(27)26-15-17-8-4-3-5-9-17/h3-13,19H,14-16H2,1-2H3,(H,26,27). The Kier molecular flexibility index (Phi) is 6.26. The van der Waals surface area contributed by atoms with Gasteiger partial charge in [0.15, 0.2) is 11.5 Å². The average molecular weight is 419 g/mol. The number of benzene rings is 3. The molecule has 1 unspecified atom stereocenters. The van der Waals surface area contributed by atoms with Crippen molar-refractivity contribution in [3.05, 3.63) is 77.9 Å². The summed E-state index contributed by atoms with van der Waals surface area (Å²) in [5.74, 6) is 2.10. The summed E-state index contributed by atoms with van der Waals surface area (Å²) in [5, 5.41) is 2.76. The summed E-state index contributed by atoms with van der Waals surface area (Å²) in [6.07, 6.45) is -0.0325. The number of para-hydroxylation sites is 2. The van der Waals surface area contributed by atoms with Crippen molar-refractivity contribution in [3.63, 3.8) is 0 Å². The molecule has 0 aliphatic carbocycles. The van der Waals surface area contributed by atoms with Crippen molar-refractivity contribution in [1.82, 2.24) is 5.32 Å². The molecule has 0 bridgehead atoms. The second-order valence-corrected chi connectivity index (χ2v) is 7.22. The molecule has 0 aromatic heterocycles. The SMILES string of the molecule is COc1cccc(-c2cccc3c2OC(COC(=O)NCc2ccccc2)C3)c1OC. The largest absolute Gasteiger partial charge is 0.493 e. The summed E-state index contributed by atoms with van der Waals surface area (Å²) >= 11 is 0. The van der Waals surface area contributed by atoms with Crippen LogP contribution in [0.4, 0.5) is 4.79 Å². The van der Waals surface area contributed by atoms with Gasteiger partial charge in [-0.2, -0.15) is 0 Å². The van der Waals surface area contributed by atoms with Crippen LogP contribution in [-0.2, 0) is 17.7 Å². The predicted molar refractivity (Wildman–Crippen MR) is 118 cm³/mol. The van der Waals surface area contributed by atoms with Crippen LogP contribution in [0.3, 0.4) is 0 Å². The van der Waals surface area contributed by atoms with Crippen LogP contribution in [-0.4, -0.2) is 33.0 Å². The van der Waals surface area contributed by atoms with E-state index < -0.39 is 6.09 Å². The monoisotopic (exact) mass is 419 g/mol. The van der Waals surface area contributed by atoms with Crippen LogP contribution in [0.1, 0.15) is 11.1 Å². The van der Waals surface area contributed by atoms with Gasteiger partial charge in [-0.3, -0.25) is 0 Å². The number of carbonyl (C=O) groups excluding carboxylic acids is 1. The van der Waals surface area contributed by atoms with Gasteiger partial charge >= 0.3 is 6.09 Å². The molecule has 1 amide bonds. The van der Waals surface area contributed by atoms with Gasteiger partial charge in [0.05, 0.1) is 14.2 Å². The predicted octanol–water partition coefficient (Wildman–Crippen LogP) is 4.60. The summed E-state index contributed by atoms with van der Waals surface area (Å²) < 4.78 is 22.6. The lowest BCUT2D eigenvalue weighted by atomic mass is 9.99. The van der Waals surface area contributed by atoms with Gasteiger partial charge in [-0.15, -0.1) is 0 Å². The number of amides is 1. The molecule has 1 atom stereocenters. The summed E-state index contributed by atoms with van der Waals surface area (Å²) in [7, 11) is 3.24. The van der Waals surface area contributed by atoms with E-state index in [2.05, 4.69) is 5.32 Å². The zero-order valence-corrected chi connectivity index (χ0v) is 17.6. The maximum absolute atomic E-state index is 12.1. The fourth-order valence-corrected chi connectivity index (χ4v) is 3.73. The van der Waals surface area contributed by atoms with Crippen molar-refractivity contribution >= 4 is 6.09 Å². The molecule has 4 rings (SSSR count). The highest BCUT2D eigenvalue weighted by molar-refractivity contribution is 5.80. The van der Waals surface area contributed by atoms with Crippen LogP contribution in [0.25, 0.3) is 11.1 Å². The third-order valence-corrected chi connectivity index (χ3v) is 5.20. The third-order valence-electron chi connectivity index (χ3n) is 5.20. The van der Waals surface area contributed by atoms with Gasteiger partial charge in [0.1, 0.15) is 18.5 Å². The van der Waals surface area contributed by atoms with E-state index in [9.17, 15) is 4.79 Å². The van der Waals surface area contributed by atoms with Crippen molar-refractivity contribution in [2.45, 2.75) is 19.1 Å². The highest BCUT2D eigenvalue weighted by atomic mass is 16.6. The quantitative estimate of drug-likeness (QED) is 0.606. The van der Waals surface area contributed by atoms with Crippen molar-refractivity contribution in [2.24, 2.45) is 0 Å². The lowest BCUT2D eigenvalue weighted by molar-refractivity contribution is 0.0924. The number of methoxy groups -OCH3 is 2. The Morgan fingerprint density at radius 2 is 1.74 bits per heavy atom. The zero-order valence-electron chi connectivity index (χ0n) is 17.6. The normalized spacial score (nSPS) is 14.3. The Morgan fingerprint density at radius 3 is 2.52 bits per heavy atom. The molecule has 1 aliphatic rings. The van der Waals surface area contributed by atoms with E-state index in [0.717, 1.165) is 28.0 Å². The number of alkyl carbamates (subject to hydrolysis) is 1. The lowest BCUT2D eigenvalue weighted by Gasteiger charge is -2.16. The Bertz CT molecular complexity index is 1050. The number of rotatable bonds is 7. The van der Waals surface area contributed by atoms with Gasteiger partial charge in [0.25, 0.3) is 0 Å². The molecule has 0 saturated carbocycles. The summed E-state index contributed by atoms with van der Waals surface area (Å²) in [4.78, 5) is 12.1. The molecule has 0 saturated heterocycles. The van der Waals surface area contributed by atoms with Gasteiger partial charge in [0, 0.05) is 24.1 Å². The van der Waals surface area contributed by atoms with Crippen molar-refractivity contribution < 1.29 is 23.7 Å². The molecule has 1 aliphatic heterocycles. The van der Waals surface area contributed by atoms with Crippen LogP contribution in [0.5, 0.6) is 17.2 Å². The Morgan fingerprint density at radius 1 is 0.968 bits per heavy atom. The summed E-state index contributed by atoms with van der Waals surface area (Å²) in [6.45, 7) is 0.592. The van der Waals surface area contributed by atoms with Gasteiger partial charge in [0.2, 0.25) is 0 Å². The van der Waals surface area contributed by atoms with Crippen LogP contribution >= 0.6 is 0 Å². The van der Waals surface area contributed by atoms with E-state index in [1.165, 1.54) is 0 Å². The summed E-state index contributed by atoms with van der Waals surface area (Å²) in [6, 6.07) is 21.5. The van der Waals surface area contributed by atoms with Gasteiger partial charge < -0.3 is 24.3 Å². The third kappa shape index (κ3) is 4.58. The number of ether oxygens (including phenoxy) is 4. The summed E-state index contributed by atoms with van der Waals surface area (Å²) in [5.41, 5.74) is 3.90. The van der Waals surface area contributed by atoms with Crippen LogP contribution < -0.4 is 19.5 Å². The van der Waals surface area contributed by atoms with Crippen LogP contribution in [0, 0.1) is 0 Å². The first-order chi connectivity index (χ1) is 15.2. The Balaban J connectivity index is 1.42. The highest BCUT2D eigenvalue weighted by Crippen LogP contribution is 2.45. The molecule has 31 heavy (non-hydrogen) atoms. The van der Waals surface area contributed by atoms with Gasteiger partial charge in [-0.25, -0.2) is 4.79 Å². The molecule has 0 fully saturated rings. The van der Waals surface area contributed by atoms with E-state index in [-0.39, 0.29) is 12.7 Å². The van der Waals surface area contributed by atoms with E-state index in [1.54, 1.807) is 14.2 Å². The average Bonchev–Trinajstić information content (AvgIpc) is 3.24. The minimum absolute atomic E-state index is 0.171. The first-order valence-corrected chi connectivity index (χ1v) is 10.1. The molecule has 6 heteroatoms.